The number of rotatable bonds is 5. The van der Waals surface area contributed by atoms with E-state index in [2.05, 4.69) is 10.6 Å². The number of carbonyl (C=O) groups excluding carboxylic acids is 2. The maximum absolute atomic E-state index is 12.4. The van der Waals surface area contributed by atoms with Crippen LogP contribution in [0.5, 0.6) is 5.75 Å². The van der Waals surface area contributed by atoms with Crippen molar-refractivity contribution in [2.75, 3.05) is 6.54 Å². The molecule has 2 N–H and O–H groups in total. The molecule has 0 aromatic heterocycles. The number of nitrogens with one attached hydrogen (secondary N) is 2. The fraction of sp³-hybridized carbons (Fsp3) is 0.176. The summed E-state index contributed by atoms with van der Waals surface area (Å²) < 4.78 is 5.74. The Morgan fingerprint density at radius 2 is 1.79 bits per heavy atom. The van der Waals surface area contributed by atoms with Gasteiger partial charge >= 0.3 is 6.03 Å². The molecule has 3 amide bonds. The lowest BCUT2D eigenvalue weighted by Crippen LogP contribution is -2.42. The second-order valence-corrected chi connectivity index (χ2v) is 5.65. The van der Waals surface area contributed by atoms with Gasteiger partial charge in [-0.25, -0.2) is 4.79 Å². The Balaban J connectivity index is 2.24. The lowest BCUT2D eigenvalue weighted by atomic mass is 10.1. The second-order valence-electron chi connectivity index (χ2n) is 4.83. The first-order chi connectivity index (χ1) is 11.5. The maximum atomic E-state index is 12.4. The first kappa shape index (κ1) is 18.1. The summed E-state index contributed by atoms with van der Waals surface area (Å²) in [4.78, 5) is 24.0. The third-order valence-corrected chi connectivity index (χ3v) is 3.80. The molecule has 0 aliphatic heterocycles. The van der Waals surface area contributed by atoms with Crippen molar-refractivity contribution in [1.29, 1.82) is 0 Å². The summed E-state index contributed by atoms with van der Waals surface area (Å²) in [6, 6.07) is 13.0. The van der Waals surface area contributed by atoms with E-state index < -0.39 is 18.0 Å². The zero-order valence-electron chi connectivity index (χ0n) is 12.9. The van der Waals surface area contributed by atoms with Gasteiger partial charge in [-0.1, -0.05) is 53.5 Å². The molecular formula is C17H16Cl2N2O3. The van der Waals surface area contributed by atoms with Crippen LogP contribution in [-0.4, -0.2) is 18.5 Å². The van der Waals surface area contributed by atoms with E-state index in [4.69, 9.17) is 27.9 Å². The topological polar surface area (TPSA) is 67.4 Å². The number of hydrogen-bond donors (Lipinski definition) is 2. The van der Waals surface area contributed by atoms with Crippen molar-refractivity contribution in [2.45, 2.75) is 13.0 Å². The summed E-state index contributed by atoms with van der Waals surface area (Å²) in [6.45, 7) is 2.16. The SMILES string of the molecule is CCNC(=O)NC(=O)[C@H](Oc1ccc(Cl)c(Cl)c1)c1ccccc1. The monoisotopic (exact) mass is 366 g/mol. The number of halogens is 2. The number of carbonyl (C=O) groups is 2. The summed E-state index contributed by atoms with van der Waals surface area (Å²) in [5, 5.41) is 5.44. The number of ether oxygens (including phenoxy) is 1. The van der Waals surface area contributed by atoms with Crippen LogP contribution >= 0.6 is 23.2 Å². The average Bonchev–Trinajstić information content (AvgIpc) is 2.56. The van der Waals surface area contributed by atoms with E-state index >= 15 is 0 Å². The normalized spacial score (nSPS) is 11.5. The maximum Gasteiger partial charge on any atom is 0.321 e. The molecule has 1 atom stereocenters. The highest BCUT2D eigenvalue weighted by atomic mass is 35.5. The van der Waals surface area contributed by atoms with Gasteiger partial charge in [-0.15, -0.1) is 0 Å². The number of hydrogen-bond acceptors (Lipinski definition) is 3. The van der Waals surface area contributed by atoms with Crippen molar-refractivity contribution in [1.82, 2.24) is 10.6 Å². The van der Waals surface area contributed by atoms with Gasteiger partial charge < -0.3 is 10.1 Å². The van der Waals surface area contributed by atoms with Gasteiger partial charge in [-0.05, 0) is 19.1 Å². The zero-order valence-corrected chi connectivity index (χ0v) is 14.4. The molecule has 0 saturated heterocycles. The Morgan fingerprint density at radius 1 is 1.08 bits per heavy atom. The molecule has 0 aliphatic carbocycles. The van der Waals surface area contributed by atoms with Crippen LogP contribution in [0.25, 0.3) is 0 Å². The quantitative estimate of drug-likeness (QED) is 0.841. The van der Waals surface area contributed by atoms with E-state index in [1.165, 1.54) is 6.07 Å². The molecule has 2 aromatic carbocycles. The highest BCUT2D eigenvalue weighted by Crippen LogP contribution is 2.29. The molecule has 2 aromatic rings. The van der Waals surface area contributed by atoms with Crippen molar-refractivity contribution in [2.24, 2.45) is 0 Å². The van der Waals surface area contributed by atoms with Crippen molar-refractivity contribution in [3.8, 4) is 5.75 Å². The van der Waals surface area contributed by atoms with Crippen LogP contribution in [-0.2, 0) is 4.79 Å². The molecule has 0 radical (unpaired) electrons. The minimum Gasteiger partial charge on any atom is -0.476 e. The predicted octanol–water partition coefficient (Wildman–Crippen LogP) is 3.96. The van der Waals surface area contributed by atoms with Crippen LogP contribution in [0.4, 0.5) is 4.79 Å². The largest absolute Gasteiger partial charge is 0.476 e. The molecule has 0 spiro atoms. The Labute approximate surface area is 149 Å². The Bertz CT molecular complexity index is 723. The summed E-state index contributed by atoms with van der Waals surface area (Å²) in [5.74, 6) is -0.220. The van der Waals surface area contributed by atoms with Gasteiger partial charge in [0.2, 0.25) is 6.10 Å². The first-order valence-electron chi connectivity index (χ1n) is 7.26. The summed E-state index contributed by atoms with van der Waals surface area (Å²) in [5.41, 5.74) is 0.602. The van der Waals surface area contributed by atoms with Crippen molar-refractivity contribution >= 4 is 35.1 Å². The van der Waals surface area contributed by atoms with E-state index in [-0.39, 0.29) is 0 Å². The summed E-state index contributed by atoms with van der Waals surface area (Å²) in [7, 11) is 0. The fourth-order valence-electron chi connectivity index (χ4n) is 1.97. The molecule has 24 heavy (non-hydrogen) atoms. The molecule has 5 nitrogen and oxygen atoms in total. The highest BCUT2D eigenvalue weighted by Gasteiger charge is 2.24. The molecule has 0 bridgehead atoms. The van der Waals surface area contributed by atoms with Gasteiger partial charge in [0, 0.05) is 18.2 Å². The van der Waals surface area contributed by atoms with Gasteiger partial charge in [-0.2, -0.15) is 0 Å². The second kappa shape index (κ2) is 8.57. The van der Waals surface area contributed by atoms with Crippen LogP contribution < -0.4 is 15.4 Å². The number of benzene rings is 2. The van der Waals surface area contributed by atoms with Gasteiger partial charge in [0.25, 0.3) is 5.91 Å². The summed E-state index contributed by atoms with van der Waals surface area (Å²) >= 11 is 11.9. The van der Waals surface area contributed by atoms with Gasteiger partial charge in [0.1, 0.15) is 5.75 Å². The van der Waals surface area contributed by atoms with Crippen LogP contribution in [0, 0.1) is 0 Å². The van der Waals surface area contributed by atoms with Crippen molar-refractivity contribution in [3.05, 3.63) is 64.1 Å². The minimum absolute atomic E-state index is 0.310. The van der Waals surface area contributed by atoms with Crippen LogP contribution in [0.1, 0.15) is 18.6 Å². The zero-order chi connectivity index (χ0) is 17.5. The molecule has 0 unspecified atom stereocenters. The third-order valence-electron chi connectivity index (χ3n) is 3.06. The average molecular weight is 367 g/mol. The first-order valence-corrected chi connectivity index (χ1v) is 8.02. The Hall–Kier alpha value is -2.24. The van der Waals surface area contributed by atoms with Crippen LogP contribution in [0.3, 0.4) is 0 Å². The molecule has 0 fully saturated rings. The number of amides is 3. The van der Waals surface area contributed by atoms with Crippen molar-refractivity contribution in [3.63, 3.8) is 0 Å². The smallest absolute Gasteiger partial charge is 0.321 e. The van der Waals surface area contributed by atoms with E-state index in [0.717, 1.165) is 0 Å². The van der Waals surface area contributed by atoms with Crippen molar-refractivity contribution < 1.29 is 14.3 Å². The fourth-order valence-corrected chi connectivity index (χ4v) is 2.26. The molecule has 0 saturated carbocycles. The molecule has 126 valence electrons. The predicted molar refractivity (Wildman–Crippen MR) is 93.5 cm³/mol. The molecule has 0 aliphatic rings. The Morgan fingerprint density at radius 3 is 2.42 bits per heavy atom. The lowest BCUT2D eigenvalue weighted by molar-refractivity contribution is -0.127. The van der Waals surface area contributed by atoms with E-state index in [0.29, 0.717) is 27.9 Å². The Kier molecular flexibility index (Phi) is 6.46. The number of imide groups is 1. The van der Waals surface area contributed by atoms with E-state index in [9.17, 15) is 9.59 Å². The van der Waals surface area contributed by atoms with Gasteiger partial charge in [0.05, 0.1) is 10.0 Å². The summed E-state index contributed by atoms with van der Waals surface area (Å²) in [6.07, 6.45) is -1.01. The van der Waals surface area contributed by atoms with Gasteiger partial charge in [-0.3, -0.25) is 10.1 Å². The van der Waals surface area contributed by atoms with E-state index in [1.54, 1.807) is 43.3 Å². The molecule has 7 heteroatoms. The van der Waals surface area contributed by atoms with Crippen LogP contribution in [0.2, 0.25) is 10.0 Å². The highest BCUT2D eigenvalue weighted by molar-refractivity contribution is 6.42. The minimum atomic E-state index is -1.01. The third kappa shape index (κ3) is 4.88. The molecule has 2 rings (SSSR count). The lowest BCUT2D eigenvalue weighted by Gasteiger charge is -2.19. The molecular weight excluding hydrogens is 351 g/mol. The van der Waals surface area contributed by atoms with Crippen LogP contribution in [0.15, 0.2) is 48.5 Å². The molecule has 0 heterocycles. The number of urea groups is 1. The standard InChI is InChI=1S/C17H16Cl2N2O3/c1-2-20-17(23)21-16(22)15(11-6-4-3-5-7-11)24-12-8-9-13(18)14(19)10-12/h3-10,15H,2H2,1H3,(H2,20,21,22,23)/t15-/m1/s1. The van der Waals surface area contributed by atoms with Gasteiger partial charge in [0.15, 0.2) is 0 Å². The van der Waals surface area contributed by atoms with E-state index in [1.807, 2.05) is 6.07 Å².